The van der Waals surface area contributed by atoms with Gasteiger partial charge in [0.2, 0.25) is 0 Å². The van der Waals surface area contributed by atoms with Crippen LogP contribution in [-0.4, -0.2) is 7.05 Å². The van der Waals surface area contributed by atoms with E-state index < -0.39 is 0 Å². The molecule has 0 bridgehead atoms. The molecule has 1 N–H and O–H groups in total. The molecule has 0 heterocycles. The number of hydrogen-bond donors (Lipinski definition) is 1. The van der Waals surface area contributed by atoms with Crippen molar-refractivity contribution in [3.05, 3.63) is 70.3 Å². The third-order valence-corrected chi connectivity index (χ3v) is 3.25. The highest BCUT2D eigenvalue weighted by atomic mass is 19.1. The van der Waals surface area contributed by atoms with Crippen molar-refractivity contribution in [1.29, 1.82) is 0 Å². The Labute approximate surface area is 112 Å². The van der Waals surface area contributed by atoms with Crippen LogP contribution in [0.15, 0.2) is 36.4 Å². The van der Waals surface area contributed by atoms with Gasteiger partial charge in [0.1, 0.15) is 11.6 Å². The highest BCUT2D eigenvalue weighted by Crippen LogP contribution is 2.26. The zero-order valence-electron chi connectivity index (χ0n) is 11.3. The Morgan fingerprint density at radius 3 is 2.37 bits per heavy atom. The Kier molecular flexibility index (Phi) is 3.96. The van der Waals surface area contributed by atoms with Crippen LogP contribution < -0.4 is 5.32 Å². The standard InChI is InChI=1S/C16H17F2N/c1-10-5-4-6-12(7-10)16(19-3)13-9-14(17)11(2)8-15(13)18/h4-9,16,19H,1-3H3. The molecule has 100 valence electrons. The number of aryl methyl sites for hydroxylation is 2. The van der Waals surface area contributed by atoms with E-state index in [1.807, 2.05) is 31.2 Å². The summed E-state index contributed by atoms with van der Waals surface area (Å²) in [7, 11) is 1.74. The average molecular weight is 261 g/mol. The van der Waals surface area contributed by atoms with Gasteiger partial charge in [0, 0.05) is 5.56 Å². The SMILES string of the molecule is CNC(c1cccc(C)c1)c1cc(F)c(C)cc1F. The van der Waals surface area contributed by atoms with E-state index in [0.29, 0.717) is 11.1 Å². The molecule has 0 aromatic heterocycles. The quantitative estimate of drug-likeness (QED) is 0.883. The van der Waals surface area contributed by atoms with Gasteiger partial charge in [0.15, 0.2) is 0 Å². The van der Waals surface area contributed by atoms with Crippen LogP contribution >= 0.6 is 0 Å². The molecule has 0 fully saturated rings. The van der Waals surface area contributed by atoms with Crippen molar-refractivity contribution in [1.82, 2.24) is 5.32 Å². The Morgan fingerprint density at radius 2 is 1.74 bits per heavy atom. The predicted octanol–water partition coefficient (Wildman–Crippen LogP) is 3.89. The molecule has 2 rings (SSSR count). The smallest absolute Gasteiger partial charge is 0.128 e. The van der Waals surface area contributed by atoms with Crippen LogP contribution in [0.2, 0.25) is 0 Å². The van der Waals surface area contributed by atoms with E-state index >= 15 is 0 Å². The summed E-state index contributed by atoms with van der Waals surface area (Å²) in [5.41, 5.74) is 2.66. The lowest BCUT2D eigenvalue weighted by atomic mass is 9.96. The lowest BCUT2D eigenvalue weighted by molar-refractivity contribution is 0.553. The summed E-state index contributed by atoms with van der Waals surface area (Å²) in [5.74, 6) is -0.774. The summed E-state index contributed by atoms with van der Waals surface area (Å²) in [6.07, 6.45) is 0. The molecule has 1 atom stereocenters. The Hall–Kier alpha value is -1.74. The largest absolute Gasteiger partial charge is 0.309 e. The fourth-order valence-electron chi connectivity index (χ4n) is 2.23. The first-order chi connectivity index (χ1) is 9.02. The molecule has 0 aliphatic rings. The van der Waals surface area contributed by atoms with Crippen molar-refractivity contribution in [2.24, 2.45) is 0 Å². The molecule has 0 aliphatic carbocycles. The van der Waals surface area contributed by atoms with Crippen molar-refractivity contribution in [3.8, 4) is 0 Å². The van der Waals surface area contributed by atoms with E-state index in [4.69, 9.17) is 0 Å². The number of hydrogen-bond acceptors (Lipinski definition) is 1. The van der Waals surface area contributed by atoms with Gasteiger partial charge in [-0.3, -0.25) is 0 Å². The number of rotatable bonds is 3. The molecule has 0 saturated heterocycles. The molecule has 19 heavy (non-hydrogen) atoms. The van der Waals surface area contributed by atoms with Gasteiger partial charge in [-0.2, -0.15) is 0 Å². The van der Waals surface area contributed by atoms with Crippen molar-refractivity contribution < 1.29 is 8.78 Å². The van der Waals surface area contributed by atoms with Gasteiger partial charge >= 0.3 is 0 Å². The number of nitrogens with one attached hydrogen (secondary N) is 1. The molecule has 0 aliphatic heterocycles. The molecular weight excluding hydrogens is 244 g/mol. The van der Waals surface area contributed by atoms with Crippen molar-refractivity contribution >= 4 is 0 Å². The van der Waals surface area contributed by atoms with Crippen molar-refractivity contribution in [3.63, 3.8) is 0 Å². The van der Waals surface area contributed by atoms with E-state index in [0.717, 1.165) is 11.1 Å². The van der Waals surface area contributed by atoms with Crippen LogP contribution in [0.3, 0.4) is 0 Å². The normalized spacial score (nSPS) is 12.5. The predicted molar refractivity (Wildman–Crippen MR) is 73.2 cm³/mol. The minimum absolute atomic E-state index is 0.320. The van der Waals surface area contributed by atoms with E-state index in [2.05, 4.69) is 5.32 Å². The fourth-order valence-corrected chi connectivity index (χ4v) is 2.23. The maximum atomic E-state index is 14.0. The van der Waals surface area contributed by atoms with Crippen molar-refractivity contribution in [2.45, 2.75) is 19.9 Å². The van der Waals surface area contributed by atoms with Crippen LogP contribution in [0.25, 0.3) is 0 Å². The second-order valence-corrected chi connectivity index (χ2v) is 4.76. The lowest BCUT2D eigenvalue weighted by Gasteiger charge is -2.19. The average Bonchev–Trinajstić information content (AvgIpc) is 2.36. The van der Waals surface area contributed by atoms with Gasteiger partial charge in [0.25, 0.3) is 0 Å². The third kappa shape index (κ3) is 2.82. The van der Waals surface area contributed by atoms with Crippen molar-refractivity contribution in [2.75, 3.05) is 7.05 Å². The minimum Gasteiger partial charge on any atom is -0.309 e. The highest BCUT2D eigenvalue weighted by molar-refractivity contribution is 5.36. The van der Waals surface area contributed by atoms with Gasteiger partial charge in [-0.25, -0.2) is 8.78 Å². The van der Waals surface area contributed by atoms with Gasteiger partial charge in [0.05, 0.1) is 6.04 Å². The van der Waals surface area contributed by atoms with Crippen LogP contribution in [-0.2, 0) is 0 Å². The summed E-state index contributed by atoms with van der Waals surface area (Å²) in [4.78, 5) is 0. The van der Waals surface area contributed by atoms with Gasteiger partial charge in [-0.1, -0.05) is 29.8 Å². The number of halogens is 2. The summed E-state index contributed by atoms with van der Waals surface area (Å²) in [6.45, 7) is 3.53. The Balaban J connectivity index is 2.51. The first-order valence-electron chi connectivity index (χ1n) is 6.22. The molecule has 2 aromatic rings. The van der Waals surface area contributed by atoms with E-state index in [1.165, 1.54) is 12.1 Å². The van der Waals surface area contributed by atoms with E-state index in [1.54, 1.807) is 14.0 Å². The summed E-state index contributed by atoms with van der Waals surface area (Å²) < 4.78 is 27.7. The Morgan fingerprint density at radius 1 is 1.00 bits per heavy atom. The monoisotopic (exact) mass is 261 g/mol. The molecule has 0 radical (unpaired) electrons. The molecule has 0 saturated carbocycles. The first kappa shape index (κ1) is 13.7. The maximum absolute atomic E-state index is 14.0. The molecule has 3 heteroatoms. The van der Waals surface area contributed by atoms with Crippen LogP contribution in [0, 0.1) is 25.5 Å². The second kappa shape index (κ2) is 5.49. The number of benzene rings is 2. The zero-order chi connectivity index (χ0) is 14.0. The zero-order valence-corrected chi connectivity index (χ0v) is 11.3. The lowest BCUT2D eigenvalue weighted by Crippen LogP contribution is -2.19. The fraction of sp³-hybridized carbons (Fsp3) is 0.250. The van der Waals surface area contributed by atoms with Crippen LogP contribution in [0.4, 0.5) is 8.78 Å². The summed E-state index contributed by atoms with van der Waals surface area (Å²) >= 11 is 0. The molecule has 2 aromatic carbocycles. The summed E-state index contributed by atoms with van der Waals surface area (Å²) in [5, 5.41) is 3.04. The molecular formula is C16H17F2N. The second-order valence-electron chi connectivity index (χ2n) is 4.76. The van der Waals surface area contributed by atoms with E-state index in [9.17, 15) is 8.78 Å². The van der Waals surface area contributed by atoms with Crippen LogP contribution in [0.1, 0.15) is 28.3 Å². The van der Waals surface area contributed by atoms with E-state index in [-0.39, 0.29) is 17.7 Å². The topological polar surface area (TPSA) is 12.0 Å². The Bertz CT molecular complexity index is 593. The van der Waals surface area contributed by atoms with Gasteiger partial charge in [-0.05, 0) is 44.2 Å². The highest BCUT2D eigenvalue weighted by Gasteiger charge is 2.18. The van der Waals surface area contributed by atoms with Crippen LogP contribution in [0.5, 0.6) is 0 Å². The molecule has 0 amide bonds. The molecule has 1 nitrogen and oxygen atoms in total. The molecule has 1 unspecified atom stereocenters. The van der Waals surface area contributed by atoms with Gasteiger partial charge < -0.3 is 5.32 Å². The molecule has 0 spiro atoms. The van der Waals surface area contributed by atoms with Gasteiger partial charge in [-0.15, -0.1) is 0 Å². The minimum atomic E-state index is -0.389. The maximum Gasteiger partial charge on any atom is 0.128 e. The first-order valence-corrected chi connectivity index (χ1v) is 6.22. The third-order valence-electron chi connectivity index (χ3n) is 3.25. The summed E-state index contributed by atoms with van der Waals surface area (Å²) in [6, 6.07) is 9.93.